The maximum Gasteiger partial charge on any atom is 0.0205 e. The third-order valence-electron chi connectivity index (χ3n) is 1.65. The van der Waals surface area contributed by atoms with Gasteiger partial charge in [-0.2, -0.15) is 11.8 Å². The van der Waals surface area contributed by atoms with Gasteiger partial charge in [0.25, 0.3) is 0 Å². The Balaban J connectivity index is 0.00000144. The van der Waals surface area contributed by atoms with E-state index in [-0.39, 0.29) is 12.4 Å². The molecule has 13 heavy (non-hydrogen) atoms. The molecular weight excluding hydrogens is 202 g/mol. The average molecular weight is 218 g/mol. The molecule has 0 atom stereocenters. The van der Waals surface area contributed by atoms with Crippen LogP contribution in [0.2, 0.25) is 0 Å². The number of halogens is 1. The van der Waals surface area contributed by atoms with Crippen LogP contribution in [0.3, 0.4) is 0 Å². The van der Waals surface area contributed by atoms with E-state index in [4.69, 9.17) is 0 Å². The molecule has 0 aliphatic carbocycles. The van der Waals surface area contributed by atoms with Gasteiger partial charge in [0, 0.05) is 18.8 Å². The first-order chi connectivity index (χ1) is 5.93. The van der Waals surface area contributed by atoms with Crippen molar-refractivity contribution in [3.05, 3.63) is 35.9 Å². The van der Waals surface area contributed by atoms with Gasteiger partial charge in [-0.05, 0) is 11.8 Å². The van der Waals surface area contributed by atoms with Gasteiger partial charge in [-0.25, -0.2) is 0 Å². The van der Waals surface area contributed by atoms with Crippen molar-refractivity contribution in [2.75, 3.05) is 18.6 Å². The normalized spacial score (nSPS) is 9.31. The van der Waals surface area contributed by atoms with Gasteiger partial charge in [0.1, 0.15) is 0 Å². The van der Waals surface area contributed by atoms with Crippen molar-refractivity contribution in [3.63, 3.8) is 0 Å². The maximum atomic E-state index is 3.38. The summed E-state index contributed by atoms with van der Waals surface area (Å²) in [4.78, 5) is 0. The molecule has 1 aromatic carbocycles. The van der Waals surface area contributed by atoms with Crippen LogP contribution in [0.4, 0.5) is 0 Å². The van der Waals surface area contributed by atoms with Crippen molar-refractivity contribution in [2.45, 2.75) is 6.54 Å². The highest BCUT2D eigenvalue weighted by atomic mass is 35.5. The van der Waals surface area contributed by atoms with Gasteiger partial charge in [-0.15, -0.1) is 12.4 Å². The summed E-state index contributed by atoms with van der Waals surface area (Å²) in [5.41, 5.74) is 1.36. The number of rotatable bonds is 5. The molecule has 0 unspecified atom stereocenters. The second-order valence-corrected chi connectivity index (χ2v) is 3.64. The highest BCUT2D eigenvalue weighted by Crippen LogP contribution is 1.97. The second kappa shape index (κ2) is 8.42. The van der Waals surface area contributed by atoms with Crippen LogP contribution in [-0.4, -0.2) is 18.6 Å². The average Bonchev–Trinajstić information content (AvgIpc) is 2.14. The lowest BCUT2D eigenvalue weighted by atomic mass is 10.2. The molecule has 0 aromatic heterocycles. The molecule has 0 bridgehead atoms. The van der Waals surface area contributed by atoms with Crippen LogP contribution in [0.15, 0.2) is 30.3 Å². The SMILES string of the molecule is CSCCNCc1ccccc1.Cl. The first kappa shape index (κ1) is 12.8. The summed E-state index contributed by atoms with van der Waals surface area (Å²) in [6.07, 6.45) is 2.13. The van der Waals surface area contributed by atoms with E-state index in [1.165, 1.54) is 11.3 Å². The minimum absolute atomic E-state index is 0. The molecule has 0 saturated heterocycles. The Morgan fingerprint density at radius 2 is 1.92 bits per heavy atom. The van der Waals surface area contributed by atoms with Crippen molar-refractivity contribution < 1.29 is 0 Å². The lowest BCUT2D eigenvalue weighted by Crippen LogP contribution is -2.16. The molecule has 1 aromatic rings. The largest absolute Gasteiger partial charge is 0.312 e. The molecule has 0 spiro atoms. The van der Waals surface area contributed by atoms with Crippen molar-refractivity contribution >= 4 is 24.2 Å². The van der Waals surface area contributed by atoms with E-state index in [9.17, 15) is 0 Å². The van der Waals surface area contributed by atoms with Crippen molar-refractivity contribution in [3.8, 4) is 0 Å². The van der Waals surface area contributed by atoms with Crippen LogP contribution in [0.5, 0.6) is 0 Å². The lowest BCUT2D eigenvalue weighted by molar-refractivity contribution is 0.732. The Morgan fingerprint density at radius 3 is 2.54 bits per heavy atom. The van der Waals surface area contributed by atoms with E-state index in [1.54, 1.807) is 0 Å². The molecule has 0 heterocycles. The summed E-state index contributed by atoms with van der Waals surface area (Å²) in [6.45, 7) is 2.08. The van der Waals surface area contributed by atoms with E-state index in [2.05, 4.69) is 35.8 Å². The predicted octanol–water partition coefficient (Wildman–Crippen LogP) is 2.56. The van der Waals surface area contributed by atoms with Crippen LogP contribution in [0.1, 0.15) is 5.56 Å². The number of hydrogen-bond donors (Lipinski definition) is 1. The van der Waals surface area contributed by atoms with Gasteiger partial charge in [-0.3, -0.25) is 0 Å². The van der Waals surface area contributed by atoms with Crippen LogP contribution in [0, 0.1) is 0 Å². The quantitative estimate of drug-likeness (QED) is 0.761. The zero-order chi connectivity index (χ0) is 8.65. The molecular formula is C10H16ClNS. The van der Waals surface area contributed by atoms with E-state index in [0.29, 0.717) is 0 Å². The van der Waals surface area contributed by atoms with E-state index in [1.807, 2.05) is 17.8 Å². The Morgan fingerprint density at radius 1 is 1.23 bits per heavy atom. The Hall–Kier alpha value is -0.180. The summed E-state index contributed by atoms with van der Waals surface area (Å²) >= 11 is 1.87. The Kier molecular flexibility index (Phi) is 8.30. The van der Waals surface area contributed by atoms with Crippen LogP contribution >= 0.6 is 24.2 Å². The first-order valence-corrected chi connectivity index (χ1v) is 5.56. The number of hydrogen-bond acceptors (Lipinski definition) is 2. The molecule has 1 rings (SSSR count). The van der Waals surface area contributed by atoms with Crippen molar-refractivity contribution in [1.29, 1.82) is 0 Å². The summed E-state index contributed by atoms with van der Waals surface area (Å²) in [5, 5.41) is 3.38. The van der Waals surface area contributed by atoms with Gasteiger partial charge in [0.2, 0.25) is 0 Å². The van der Waals surface area contributed by atoms with Crippen molar-refractivity contribution in [1.82, 2.24) is 5.32 Å². The standard InChI is InChI=1S/C10H15NS.ClH/c1-12-8-7-11-9-10-5-3-2-4-6-10;/h2-6,11H,7-9H2,1H3;1H. The van der Waals surface area contributed by atoms with Crippen molar-refractivity contribution in [2.24, 2.45) is 0 Å². The maximum absolute atomic E-state index is 3.38. The molecule has 0 amide bonds. The first-order valence-electron chi connectivity index (χ1n) is 4.17. The Labute approximate surface area is 90.7 Å². The fourth-order valence-corrected chi connectivity index (χ4v) is 1.35. The molecule has 74 valence electrons. The van der Waals surface area contributed by atoms with Crippen LogP contribution < -0.4 is 5.32 Å². The van der Waals surface area contributed by atoms with Gasteiger partial charge in [-0.1, -0.05) is 30.3 Å². The zero-order valence-corrected chi connectivity index (χ0v) is 9.46. The van der Waals surface area contributed by atoms with E-state index >= 15 is 0 Å². The number of thioether (sulfide) groups is 1. The number of benzene rings is 1. The highest BCUT2D eigenvalue weighted by Gasteiger charge is 1.88. The molecule has 0 aliphatic heterocycles. The fourth-order valence-electron chi connectivity index (χ4n) is 1.00. The third kappa shape index (κ3) is 5.97. The summed E-state index contributed by atoms with van der Waals surface area (Å²) in [6, 6.07) is 10.5. The summed E-state index contributed by atoms with van der Waals surface area (Å²) < 4.78 is 0. The van der Waals surface area contributed by atoms with Gasteiger partial charge >= 0.3 is 0 Å². The monoisotopic (exact) mass is 217 g/mol. The van der Waals surface area contributed by atoms with Gasteiger partial charge in [0.15, 0.2) is 0 Å². The molecule has 0 radical (unpaired) electrons. The van der Waals surface area contributed by atoms with Crippen LogP contribution in [-0.2, 0) is 6.54 Å². The summed E-state index contributed by atoms with van der Waals surface area (Å²) in [5.74, 6) is 1.19. The smallest absolute Gasteiger partial charge is 0.0205 e. The molecule has 3 heteroatoms. The molecule has 0 fully saturated rings. The predicted molar refractivity (Wildman–Crippen MR) is 63.8 cm³/mol. The second-order valence-electron chi connectivity index (χ2n) is 2.66. The zero-order valence-electron chi connectivity index (χ0n) is 7.82. The Bertz CT molecular complexity index is 203. The van der Waals surface area contributed by atoms with Gasteiger partial charge < -0.3 is 5.32 Å². The lowest BCUT2D eigenvalue weighted by Gasteiger charge is -2.02. The molecule has 0 aliphatic rings. The molecule has 1 N–H and O–H groups in total. The van der Waals surface area contributed by atoms with E-state index in [0.717, 1.165) is 13.1 Å². The number of nitrogens with one attached hydrogen (secondary N) is 1. The molecule has 1 nitrogen and oxygen atoms in total. The fraction of sp³-hybridized carbons (Fsp3) is 0.400. The van der Waals surface area contributed by atoms with E-state index < -0.39 is 0 Å². The topological polar surface area (TPSA) is 12.0 Å². The summed E-state index contributed by atoms with van der Waals surface area (Å²) in [7, 11) is 0. The highest BCUT2D eigenvalue weighted by molar-refractivity contribution is 7.98. The minimum Gasteiger partial charge on any atom is -0.312 e. The minimum atomic E-state index is 0. The van der Waals surface area contributed by atoms with Crippen LogP contribution in [0.25, 0.3) is 0 Å². The third-order valence-corrected chi connectivity index (χ3v) is 2.27. The van der Waals surface area contributed by atoms with Gasteiger partial charge in [0.05, 0.1) is 0 Å². The molecule has 0 saturated carbocycles.